The molecule has 1 saturated heterocycles. The smallest absolute Gasteiger partial charge is 0.207 e. The number of hydrogen-bond donors (Lipinski definition) is 0. The molecule has 2 aromatic carbocycles. The molecule has 1 atom stereocenters. The lowest BCUT2D eigenvalue weighted by atomic mass is 10.1. The molecule has 0 radical (unpaired) electrons. The summed E-state index contributed by atoms with van der Waals surface area (Å²) in [7, 11) is -3.62. The molecule has 1 heterocycles. The molecule has 0 saturated carbocycles. The molecule has 0 aromatic heterocycles. The van der Waals surface area contributed by atoms with Crippen LogP contribution in [0.3, 0.4) is 0 Å². The molecule has 116 valence electrons. The number of aryl methyl sites for hydroxylation is 1. The topological polar surface area (TPSA) is 37.4 Å². The van der Waals surface area contributed by atoms with Crippen molar-refractivity contribution in [3.8, 4) is 0 Å². The third kappa shape index (κ3) is 2.55. The van der Waals surface area contributed by atoms with Gasteiger partial charge in [0.1, 0.15) is 5.82 Å². The quantitative estimate of drug-likeness (QED) is 0.866. The zero-order valence-electron chi connectivity index (χ0n) is 12.4. The summed E-state index contributed by atoms with van der Waals surface area (Å²) >= 11 is 0. The Morgan fingerprint density at radius 3 is 2.50 bits per heavy atom. The van der Waals surface area contributed by atoms with Gasteiger partial charge in [0.2, 0.25) is 10.0 Å². The Balaban J connectivity index is 2.04. The Morgan fingerprint density at radius 1 is 1.09 bits per heavy atom. The van der Waals surface area contributed by atoms with E-state index in [0.29, 0.717) is 29.0 Å². The van der Waals surface area contributed by atoms with Crippen LogP contribution in [0.25, 0.3) is 0 Å². The molecule has 3 rings (SSSR count). The summed E-state index contributed by atoms with van der Waals surface area (Å²) in [6.07, 6.45) is 1.39. The maximum atomic E-state index is 14.1. The number of hydrogen-bond acceptors (Lipinski definition) is 2. The van der Waals surface area contributed by atoms with E-state index in [9.17, 15) is 12.8 Å². The van der Waals surface area contributed by atoms with Crippen LogP contribution in [0.4, 0.5) is 4.39 Å². The van der Waals surface area contributed by atoms with Gasteiger partial charge in [0.25, 0.3) is 0 Å². The van der Waals surface area contributed by atoms with Gasteiger partial charge in [-0.1, -0.05) is 36.4 Å². The molecule has 0 N–H and O–H groups in total. The van der Waals surface area contributed by atoms with Crippen LogP contribution in [0.1, 0.15) is 30.0 Å². The van der Waals surface area contributed by atoms with E-state index in [-0.39, 0.29) is 5.82 Å². The summed E-state index contributed by atoms with van der Waals surface area (Å²) < 4.78 is 41.4. The highest BCUT2D eigenvalue weighted by molar-refractivity contribution is 7.89. The van der Waals surface area contributed by atoms with E-state index in [1.165, 1.54) is 10.4 Å². The van der Waals surface area contributed by atoms with E-state index >= 15 is 0 Å². The van der Waals surface area contributed by atoms with Crippen LogP contribution in [-0.4, -0.2) is 19.3 Å². The molecule has 2 aromatic rings. The first-order valence-electron chi connectivity index (χ1n) is 7.34. The average molecular weight is 319 g/mol. The maximum absolute atomic E-state index is 14.1. The standard InChI is InChI=1S/C17H18FNO2S/c1-13-7-2-5-11-17(13)22(20,21)19-12-6-10-16(19)14-8-3-4-9-15(14)18/h2-5,7-9,11,16H,6,10,12H2,1H3/t16-/m1/s1. The largest absolute Gasteiger partial charge is 0.243 e. The Bertz CT molecular complexity index is 789. The maximum Gasteiger partial charge on any atom is 0.243 e. The minimum absolute atomic E-state index is 0.304. The van der Waals surface area contributed by atoms with Gasteiger partial charge in [-0.05, 0) is 37.5 Å². The number of sulfonamides is 1. The number of nitrogens with zero attached hydrogens (tertiary/aromatic N) is 1. The number of halogens is 1. The molecule has 1 aliphatic heterocycles. The second-order valence-corrected chi connectivity index (χ2v) is 7.42. The third-order valence-electron chi connectivity index (χ3n) is 4.15. The van der Waals surface area contributed by atoms with Gasteiger partial charge >= 0.3 is 0 Å². The molecule has 0 unspecified atom stereocenters. The van der Waals surface area contributed by atoms with E-state index in [4.69, 9.17) is 0 Å². The van der Waals surface area contributed by atoms with Gasteiger partial charge in [0.15, 0.2) is 0 Å². The zero-order valence-corrected chi connectivity index (χ0v) is 13.2. The Labute approximate surface area is 130 Å². The predicted molar refractivity (Wildman–Crippen MR) is 83.4 cm³/mol. The van der Waals surface area contributed by atoms with Crippen molar-refractivity contribution < 1.29 is 12.8 Å². The van der Waals surface area contributed by atoms with Crippen LogP contribution >= 0.6 is 0 Å². The molecule has 22 heavy (non-hydrogen) atoms. The third-order valence-corrected chi connectivity index (χ3v) is 6.22. The Hall–Kier alpha value is -1.72. The lowest BCUT2D eigenvalue weighted by Crippen LogP contribution is -2.31. The predicted octanol–water partition coefficient (Wildman–Crippen LogP) is 3.66. The normalized spacial score (nSPS) is 19.5. The van der Waals surface area contributed by atoms with Crippen molar-refractivity contribution in [1.82, 2.24) is 4.31 Å². The van der Waals surface area contributed by atoms with Gasteiger partial charge < -0.3 is 0 Å². The van der Waals surface area contributed by atoms with E-state index in [0.717, 1.165) is 6.42 Å². The van der Waals surface area contributed by atoms with E-state index in [1.54, 1.807) is 43.3 Å². The summed E-state index contributed by atoms with van der Waals surface area (Å²) in [4.78, 5) is 0.304. The second-order valence-electron chi connectivity index (χ2n) is 5.56. The molecule has 0 bridgehead atoms. The van der Waals surface area contributed by atoms with E-state index < -0.39 is 16.1 Å². The summed E-state index contributed by atoms with van der Waals surface area (Å²) in [5, 5.41) is 0. The molecule has 0 spiro atoms. The van der Waals surface area contributed by atoms with E-state index in [2.05, 4.69) is 0 Å². The number of benzene rings is 2. The lowest BCUT2D eigenvalue weighted by molar-refractivity contribution is 0.386. The Kier molecular flexibility index (Phi) is 4.02. The molecule has 1 fully saturated rings. The fraction of sp³-hybridized carbons (Fsp3) is 0.294. The zero-order chi connectivity index (χ0) is 15.7. The van der Waals surface area contributed by atoms with Crippen molar-refractivity contribution >= 4 is 10.0 Å². The average Bonchev–Trinajstić information content (AvgIpc) is 2.98. The fourth-order valence-corrected chi connectivity index (χ4v) is 4.96. The molecule has 1 aliphatic rings. The van der Waals surface area contributed by atoms with Gasteiger partial charge in [0.05, 0.1) is 10.9 Å². The fourth-order valence-electron chi connectivity index (χ4n) is 3.06. The van der Waals surface area contributed by atoms with Crippen LogP contribution in [0.15, 0.2) is 53.4 Å². The van der Waals surface area contributed by atoms with Crippen LogP contribution in [0.5, 0.6) is 0 Å². The first-order valence-corrected chi connectivity index (χ1v) is 8.78. The molecule has 5 heteroatoms. The second kappa shape index (κ2) is 5.82. The highest BCUT2D eigenvalue weighted by Crippen LogP contribution is 2.37. The number of rotatable bonds is 3. The molecular weight excluding hydrogens is 301 g/mol. The summed E-state index contributed by atoms with van der Waals surface area (Å²) in [5.41, 5.74) is 1.17. The van der Waals surface area contributed by atoms with Gasteiger partial charge in [-0.25, -0.2) is 12.8 Å². The molecule has 0 amide bonds. The van der Waals surface area contributed by atoms with Crippen molar-refractivity contribution in [1.29, 1.82) is 0 Å². The monoisotopic (exact) mass is 319 g/mol. The molecule has 3 nitrogen and oxygen atoms in total. The highest BCUT2D eigenvalue weighted by atomic mass is 32.2. The van der Waals surface area contributed by atoms with Crippen molar-refractivity contribution in [2.45, 2.75) is 30.7 Å². The van der Waals surface area contributed by atoms with Gasteiger partial charge in [-0.15, -0.1) is 0 Å². The minimum Gasteiger partial charge on any atom is -0.207 e. The first-order chi connectivity index (χ1) is 10.5. The van der Waals surface area contributed by atoms with Crippen molar-refractivity contribution in [2.75, 3.05) is 6.54 Å². The highest BCUT2D eigenvalue weighted by Gasteiger charge is 2.37. The van der Waals surface area contributed by atoms with Crippen LogP contribution in [0.2, 0.25) is 0 Å². The van der Waals surface area contributed by atoms with Crippen molar-refractivity contribution in [2.24, 2.45) is 0 Å². The summed E-state index contributed by atoms with van der Waals surface area (Å²) in [6.45, 7) is 2.21. The van der Waals surface area contributed by atoms with Gasteiger partial charge in [-0.2, -0.15) is 4.31 Å². The van der Waals surface area contributed by atoms with Crippen LogP contribution in [-0.2, 0) is 10.0 Å². The first kappa shape index (κ1) is 15.2. The Morgan fingerprint density at radius 2 is 1.77 bits per heavy atom. The lowest BCUT2D eigenvalue weighted by Gasteiger charge is -2.25. The van der Waals surface area contributed by atoms with Crippen LogP contribution in [0, 0.1) is 12.7 Å². The summed E-state index contributed by atoms with van der Waals surface area (Å²) in [5.74, 6) is -0.348. The van der Waals surface area contributed by atoms with Crippen LogP contribution < -0.4 is 0 Å². The minimum atomic E-state index is -3.62. The SMILES string of the molecule is Cc1ccccc1S(=O)(=O)N1CCC[C@@H]1c1ccccc1F. The molecular formula is C17H18FNO2S. The van der Waals surface area contributed by atoms with Crippen molar-refractivity contribution in [3.63, 3.8) is 0 Å². The van der Waals surface area contributed by atoms with Gasteiger partial charge in [-0.3, -0.25) is 0 Å². The van der Waals surface area contributed by atoms with Gasteiger partial charge in [0, 0.05) is 12.1 Å². The van der Waals surface area contributed by atoms with Crippen molar-refractivity contribution in [3.05, 3.63) is 65.5 Å². The summed E-state index contributed by atoms with van der Waals surface area (Å²) in [6, 6.07) is 12.9. The molecule has 0 aliphatic carbocycles. The van der Waals surface area contributed by atoms with E-state index in [1.807, 2.05) is 6.07 Å².